The molecular weight excluding hydrogens is 473 g/mol. The number of nitrogens with one attached hydrogen (secondary N) is 1. The van der Waals surface area contributed by atoms with Crippen LogP contribution in [0.15, 0.2) is 59.9 Å². The van der Waals surface area contributed by atoms with Crippen molar-refractivity contribution in [2.24, 2.45) is 0 Å². The number of halogens is 3. The van der Waals surface area contributed by atoms with Gasteiger partial charge in [0, 0.05) is 18.5 Å². The average molecular weight is 499 g/mol. The second kappa shape index (κ2) is 9.88. The first-order chi connectivity index (χ1) is 17.1. The van der Waals surface area contributed by atoms with Gasteiger partial charge in [0.15, 0.2) is 0 Å². The van der Waals surface area contributed by atoms with Crippen molar-refractivity contribution in [2.45, 2.75) is 32.1 Å². The van der Waals surface area contributed by atoms with Gasteiger partial charge < -0.3 is 15.1 Å². The van der Waals surface area contributed by atoms with Crippen LogP contribution >= 0.6 is 0 Å². The first kappa shape index (κ1) is 25.0. The molecule has 2 heterocycles. The van der Waals surface area contributed by atoms with E-state index in [2.05, 4.69) is 16.9 Å². The summed E-state index contributed by atoms with van der Waals surface area (Å²) >= 11 is 0. The molecule has 3 aromatic rings. The average Bonchev–Trinajstić information content (AvgIpc) is 2.88. The smallest absolute Gasteiger partial charge is 0.411 e. The zero-order chi connectivity index (χ0) is 26.0. The van der Waals surface area contributed by atoms with Crippen molar-refractivity contribution in [3.8, 4) is 0 Å². The van der Waals surface area contributed by atoms with E-state index in [1.807, 2.05) is 0 Å². The highest BCUT2D eigenvalue weighted by atomic mass is 19.4. The standard InChI is InChI=1S/C26H25F3N4O3/c1-4-17-5-7-19(8-6-17)23(34)32-14-13-22-21(15-32)24(35)33(36-3)25(31-22)30-16(2)18-9-11-20(12-10-18)26(27,28)29/h4-12,16H,1,13-15H2,2-3H3,(H,30,31)/t16-/m0/s1. The highest BCUT2D eigenvalue weighted by Gasteiger charge is 2.30. The van der Waals surface area contributed by atoms with Gasteiger partial charge in [0.2, 0.25) is 5.95 Å². The van der Waals surface area contributed by atoms with Crippen molar-refractivity contribution in [1.82, 2.24) is 14.6 Å². The molecule has 1 amide bonds. The van der Waals surface area contributed by atoms with Crippen LogP contribution in [0.3, 0.4) is 0 Å². The predicted octanol–water partition coefficient (Wildman–Crippen LogP) is 4.34. The molecule has 0 aliphatic carbocycles. The summed E-state index contributed by atoms with van der Waals surface area (Å²) in [6, 6.07) is 11.3. The van der Waals surface area contributed by atoms with Crippen molar-refractivity contribution >= 4 is 17.9 Å². The number of benzene rings is 2. The topological polar surface area (TPSA) is 76.5 Å². The predicted molar refractivity (Wildman–Crippen MR) is 129 cm³/mol. The van der Waals surface area contributed by atoms with Crippen LogP contribution in [0.2, 0.25) is 0 Å². The molecule has 0 spiro atoms. The normalized spacial score (nSPS) is 14.1. The summed E-state index contributed by atoms with van der Waals surface area (Å²) in [5.41, 5.74) is 1.69. The van der Waals surface area contributed by atoms with Gasteiger partial charge in [-0.05, 0) is 42.3 Å². The minimum atomic E-state index is -4.42. The summed E-state index contributed by atoms with van der Waals surface area (Å²) in [6.07, 6.45) is -2.36. The molecule has 188 valence electrons. The molecule has 1 aliphatic rings. The van der Waals surface area contributed by atoms with Gasteiger partial charge in [0.25, 0.3) is 11.5 Å². The molecule has 0 radical (unpaired) electrons. The minimum absolute atomic E-state index is 0.0846. The van der Waals surface area contributed by atoms with Crippen LogP contribution in [0.1, 0.15) is 51.3 Å². The minimum Gasteiger partial charge on any atom is -0.411 e. The fourth-order valence-electron chi connectivity index (χ4n) is 4.08. The zero-order valence-corrected chi connectivity index (χ0v) is 19.8. The van der Waals surface area contributed by atoms with E-state index in [1.54, 1.807) is 42.2 Å². The molecular formula is C26H25F3N4O3. The Morgan fingerprint density at radius 1 is 1.17 bits per heavy atom. The SMILES string of the molecule is C=Cc1ccc(C(=O)N2CCc3nc(N[C@@H](C)c4ccc(C(F)(F)F)cc4)n(OC)c(=O)c3C2)cc1. The summed E-state index contributed by atoms with van der Waals surface area (Å²) in [4.78, 5) is 37.6. The number of hydrogen-bond acceptors (Lipinski definition) is 5. The Morgan fingerprint density at radius 3 is 2.42 bits per heavy atom. The van der Waals surface area contributed by atoms with Crippen LogP contribution < -0.4 is 15.7 Å². The van der Waals surface area contributed by atoms with E-state index >= 15 is 0 Å². The summed E-state index contributed by atoms with van der Waals surface area (Å²) < 4.78 is 39.6. The third kappa shape index (κ3) is 4.98. The Hall–Kier alpha value is -4.08. The molecule has 1 aromatic heterocycles. The van der Waals surface area contributed by atoms with Gasteiger partial charge in [0.05, 0.1) is 29.4 Å². The van der Waals surface area contributed by atoms with E-state index < -0.39 is 23.3 Å². The largest absolute Gasteiger partial charge is 0.416 e. The Kier molecular flexibility index (Phi) is 6.87. The van der Waals surface area contributed by atoms with E-state index in [0.717, 1.165) is 22.4 Å². The number of aromatic nitrogens is 2. The molecule has 1 atom stereocenters. The molecule has 0 saturated heterocycles. The molecule has 10 heteroatoms. The fourth-order valence-corrected chi connectivity index (χ4v) is 4.08. The van der Waals surface area contributed by atoms with Crippen LogP contribution in [-0.2, 0) is 19.1 Å². The first-order valence-electron chi connectivity index (χ1n) is 11.3. The lowest BCUT2D eigenvalue weighted by molar-refractivity contribution is -0.137. The highest BCUT2D eigenvalue weighted by Crippen LogP contribution is 2.30. The lowest BCUT2D eigenvalue weighted by Crippen LogP contribution is -2.42. The maximum absolute atomic E-state index is 13.2. The molecule has 36 heavy (non-hydrogen) atoms. The van der Waals surface area contributed by atoms with Crippen LogP contribution in [0, 0.1) is 0 Å². The highest BCUT2D eigenvalue weighted by molar-refractivity contribution is 5.94. The maximum Gasteiger partial charge on any atom is 0.416 e. The maximum atomic E-state index is 13.2. The summed E-state index contributed by atoms with van der Waals surface area (Å²) in [7, 11) is 1.32. The van der Waals surface area contributed by atoms with Gasteiger partial charge in [-0.1, -0.05) is 36.9 Å². The number of fused-ring (bicyclic) bond motifs is 1. The molecule has 4 rings (SSSR count). The molecule has 0 fully saturated rings. The number of anilines is 1. The van der Waals surface area contributed by atoms with Gasteiger partial charge in [-0.15, -0.1) is 4.73 Å². The molecule has 1 aliphatic heterocycles. The third-order valence-electron chi connectivity index (χ3n) is 6.14. The molecule has 1 N–H and O–H groups in total. The van der Waals surface area contributed by atoms with Crippen molar-refractivity contribution < 1.29 is 22.8 Å². The van der Waals surface area contributed by atoms with E-state index in [0.29, 0.717) is 35.3 Å². The number of amides is 1. The lowest BCUT2D eigenvalue weighted by Gasteiger charge is -2.29. The lowest BCUT2D eigenvalue weighted by atomic mass is 10.0. The van der Waals surface area contributed by atoms with Gasteiger partial charge in [-0.3, -0.25) is 9.59 Å². The van der Waals surface area contributed by atoms with Crippen molar-refractivity contribution in [1.29, 1.82) is 0 Å². The zero-order valence-electron chi connectivity index (χ0n) is 19.8. The van der Waals surface area contributed by atoms with Gasteiger partial charge in [0.1, 0.15) is 7.11 Å². The van der Waals surface area contributed by atoms with Gasteiger partial charge >= 0.3 is 6.18 Å². The molecule has 0 unspecified atom stereocenters. The first-order valence-corrected chi connectivity index (χ1v) is 11.3. The number of carbonyl (C=O) groups is 1. The Labute approximate surface area is 205 Å². The number of alkyl halides is 3. The Balaban J connectivity index is 1.56. The Morgan fingerprint density at radius 2 is 1.83 bits per heavy atom. The van der Waals surface area contributed by atoms with Crippen LogP contribution in [0.4, 0.5) is 19.1 Å². The summed E-state index contributed by atoms with van der Waals surface area (Å²) in [5.74, 6) is -0.0637. The van der Waals surface area contributed by atoms with Crippen molar-refractivity contribution in [3.05, 3.63) is 99.0 Å². The molecule has 0 saturated carbocycles. The summed E-state index contributed by atoms with van der Waals surface area (Å²) in [5, 5.41) is 3.05. The molecule has 2 aromatic carbocycles. The monoisotopic (exact) mass is 498 g/mol. The molecule has 0 bridgehead atoms. The van der Waals surface area contributed by atoms with E-state index in [9.17, 15) is 22.8 Å². The van der Waals surface area contributed by atoms with E-state index in [-0.39, 0.29) is 18.4 Å². The van der Waals surface area contributed by atoms with E-state index in [1.165, 1.54) is 19.2 Å². The quantitative estimate of drug-likeness (QED) is 0.548. The van der Waals surface area contributed by atoms with Gasteiger partial charge in [-0.2, -0.15) is 13.2 Å². The second-order valence-electron chi connectivity index (χ2n) is 8.43. The summed E-state index contributed by atoms with van der Waals surface area (Å²) in [6.45, 7) is 5.91. The third-order valence-corrected chi connectivity index (χ3v) is 6.14. The number of rotatable bonds is 6. The second-order valence-corrected chi connectivity index (χ2v) is 8.43. The Bertz CT molecular complexity index is 1330. The van der Waals surface area contributed by atoms with Crippen molar-refractivity contribution in [3.63, 3.8) is 0 Å². The van der Waals surface area contributed by atoms with Crippen LogP contribution in [0.25, 0.3) is 6.08 Å². The number of nitrogens with zero attached hydrogens (tertiary/aromatic N) is 3. The number of carbonyl (C=O) groups excluding carboxylic acids is 1. The van der Waals surface area contributed by atoms with Crippen LogP contribution in [0.5, 0.6) is 0 Å². The van der Waals surface area contributed by atoms with Crippen LogP contribution in [-0.4, -0.2) is 34.2 Å². The van der Waals surface area contributed by atoms with Gasteiger partial charge in [-0.25, -0.2) is 4.98 Å². The molecule has 7 nitrogen and oxygen atoms in total. The number of hydrogen-bond donors (Lipinski definition) is 1. The fraction of sp³-hybridized carbons (Fsp3) is 0.269. The van der Waals surface area contributed by atoms with Crippen molar-refractivity contribution in [2.75, 3.05) is 19.0 Å². The van der Waals surface area contributed by atoms with E-state index in [4.69, 9.17) is 4.84 Å².